The molecule has 0 aliphatic heterocycles. The summed E-state index contributed by atoms with van der Waals surface area (Å²) in [7, 11) is 0. The molecule has 2 aromatic rings. The predicted octanol–water partition coefficient (Wildman–Crippen LogP) is 3.53. The van der Waals surface area contributed by atoms with E-state index in [2.05, 4.69) is 33.1 Å². The number of aromatic nitrogens is 2. The summed E-state index contributed by atoms with van der Waals surface area (Å²) in [6.45, 7) is 2.87. The molecule has 2 rings (SSSR count). The first-order valence-electron chi connectivity index (χ1n) is 5.59. The Morgan fingerprint density at radius 3 is 3.00 bits per heavy atom. The molecule has 0 spiro atoms. The fraction of sp³-hybridized carbons (Fsp3) is 0.455. The summed E-state index contributed by atoms with van der Waals surface area (Å²) in [6, 6.07) is 3.94. The van der Waals surface area contributed by atoms with Crippen molar-refractivity contribution in [1.29, 1.82) is 0 Å². The number of thioether (sulfide) groups is 1. The van der Waals surface area contributed by atoms with E-state index >= 15 is 0 Å². The third kappa shape index (κ3) is 3.81. The molecule has 0 aromatic carbocycles. The van der Waals surface area contributed by atoms with Gasteiger partial charge < -0.3 is 10.2 Å². The van der Waals surface area contributed by atoms with Crippen LogP contribution in [0.2, 0.25) is 0 Å². The molecule has 1 unspecified atom stereocenters. The van der Waals surface area contributed by atoms with Gasteiger partial charge in [0.05, 0.1) is 14.4 Å². The number of thiophene rings is 1. The molecular formula is C11H14BrN3OS2. The average Bonchev–Trinajstić information content (AvgIpc) is 2.95. The maximum atomic E-state index is 5.63. The molecular weight excluding hydrogens is 334 g/mol. The Hall–Kier alpha value is -0.370. The fourth-order valence-corrected chi connectivity index (χ4v) is 3.53. The first kappa shape index (κ1) is 14.0. The summed E-state index contributed by atoms with van der Waals surface area (Å²) in [5, 5.41) is 8.63. The summed E-state index contributed by atoms with van der Waals surface area (Å²) in [4.78, 5) is 0.987. The van der Waals surface area contributed by atoms with Crippen LogP contribution in [0.15, 0.2) is 20.3 Å². The molecule has 0 saturated heterocycles. The van der Waals surface area contributed by atoms with Gasteiger partial charge in [0.25, 0.3) is 5.89 Å². The highest BCUT2D eigenvalue weighted by Gasteiger charge is 2.11. The van der Waals surface area contributed by atoms with E-state index in [1.54, 1.807) is 23.1 Å². The van der Waals surface area contributed by atoms with E-state index in [4.69, 9.17) is 10.2 Å². The van der Waals surface area contributed by atoms with Crippen LogP contribution in [0, 0.1) is 0 Å². The van der Waals surface area contributed by atoms with E-state index in [1.165, 1.54) is 0 Å². The van der Waals surface area contributed by atoms with E-state index < -0.39 is 0 Å². The Morgan fingerprint density at radius 1 is 1.50 bits per heavy atom. The number of hydrogen-bond acceptors (Lipinski definition) is 6. The Labute approximate surface area is 122 Å². The minimum absolute atomic E-state index is 0.515. The Morgan fingerprint density at radius 2 is 2.33 bits per heavy atom. The molecule has 0 radical (unpaired) electrons. The van der Waals surface area contributed by atoms with Crippen LogP contribution >= 0.6 is 39.0 Å². The van der Waals surface area contributed by atoms with Gasteiger partial charge in [-0.3, -0.25) is 0 Å². The lowest BCUT2D eigenvalue weighted by molar-refractivity contribution is 0.529. The lowest BCUT2D eigenvalue weighted by Gasteiger charge is -2.06. The quantitative estimate of drug-likeness (QED) is 0.865. The van der Waals surface area contributed by atoms with Gasteiger partial charge in [0.1, 0.15) is 0 Å². The topological polar surface area (TPSA) is 64.9 Å². The molecule has 98 valence electrons. The summed E-state index contributed by atoms with van der Waals surface area (Å²) in [6.07, 6.45) is 1.00. The lowest BCUT2D eigenvalue weighted by atomic mass is 10.3. The third-order valence-corrected chi connectivity index (χ3v) is 5.15. The second kappa shape index (κ2) is 6.70. The van der Waals surface area contributed by atoms with E-state index in [9.17, 15) is 0 Å². The third-order valence-electron chi connectivity index (χ3n) is 2.32. The van der Waals surface area contributed by atoms with E-state index in [0.29, 0.717) is 23.6 Å². The fourth-order valence-electron chi connectivity index (χ4n) is 1.37. The molecule has 2 aromatic heterocycles. The smallest absolute Gasteiger partial charge is 0.257 e. The highest BCUT2D eigenvalue weighted by molar-refractivity contribution is 9.11. The van der Waals surface area contributed by atoms with Crippen LogP contribution in [0.5, 0.6) is 0 Å². The van der Waals surface area contributed by atoms with Crippen molar-refractivity contribution in [3.05, 3.63) is 21.8 Å². The monoisotopic (exact) mass is 347 g/mol. The van der Waals surface area contributed by atoms with Gasteiger partial charge in [-0.2, -0.15) is 0 Å². The van der Waals surface area contributed by atoms with Crippen molar-refractivity contribution >= 4 is 39.0 Å². The zero-order valence-electron chi connectivity index (χ0n) is 9.93. The molecule has 0 aliphatic rings. The molecule has 4 nitrogen and oxygen atoms in total. The molecule has 0 saturated carbocycles. The van der Waals surface area contributed by atoms with Gasteiger partial charge in [0.15, 0.2) is 0 Å². The number of nitrogens with two attached hydrogens (primary N) is 1. The van der Waals surface area contributed by atoms with Crippen LogP contribution in [0.25, 0.3) is 10.8 Å². The highest BCUT2D eigenvalue weighted by Crippen LogP contribution is 2.31. The van der Waals surface area contributed by atoms with Gasteiger partial charge in [-0.05, 0) is 41.0 Å². The molecule has 1 atom stereocenters. The zero-order valence-corrected chi connectivity index (χ0v) is 13.1. The van der Waals surface area contributed by atoms with Crippen molar-refractivity contribution in [2.24, 2.45) is 5.73 Å². The second-order valence-electron chi connectivity index (χ2n) is 3.80. The molecule has 0 bridgehead atoms. The van der Waals surface area contributed by atoms with Crippen LogP contribution in [0.3, 0.4) is 0 Å². The standard InChI is InChI=1S/C11H14BrN3OS2/c1-7(4-5-13)17-6-10-14-15-11(16-10)8-2-3-9(12)18-8/h2-3,7H,4-6,13H2,1H3. The molecule has 2 heterocycles. The molecule has 7 heteroatoms. The van der Waals surface area contributed by atoms with Gasteiger partial charge in [-0.1, -0.05) is 6.92 Å². The van der Waals surface area contributed by atoms with Crippen molar-refractivity contribution in [3.8, 4) is 10.8 Å². The van der Waals surface area contributed by atoms with E-state index in [1.807, 2.05) is 12.1 Å². The van der Waals surface area contributed by atoms with Crippen LogP contribution < -0.4 is 5.73 Å². The predicted molar refractivity (Wildman–Crippen MR) is 79.7 cm³/mol. The minimum atomic E-state index is 0.515. The van der Waals surface area contributed by atoms with E-state index in [-0.39, 0.29) is 0 Å². The summed E-state index contributed by atoms with van der Waals surface area (Å²) in [5.41, 5.74) is 5.51. The van der Waals surface area contributed by atoms with Crippen molar-refractivity contribution in [2.45, 2.75) is 24.3 Å². The van der Waals surface area contributed by atoms with Crippen LogP contribution in [-0.2, 0) is 5.75 Å². The number of nitrogens with zero attached hydrogens (tertiary/aromatic N) is 2. The summed E-state index contributed by atoms with van der Waals surface area (Å²) in [5.74, 6) is 2.00. The first-order chi connectivity index (χ1) is 8.69. The highest BCUT2D eigenvalue weighted by atomic mass is 79.9. The largest absolute Gasteiger partial charge is 0.419 e. The SMILES string of the molecule is CC(CCN)SCc1nnc(-c2ccc(Br)s2)o1. The van der Waals surface area contributed by atoms with Gasteiger partial charge in [0.2, 0.25) is 5.89 Å². The summed E-state index contributed by atoms with van der Waals surface area (Å²) >= 11 is 6.79. The maximum absolute atomic E-state index is 5.63. The van der Waals surface area contributed by atoms with Crippen molar-refractivity contribution in [1.82, 2.24) is 10.2 Å². The molecule has 0 aliphatic carbocycles. The number of rotatable bonds is 6. The lowest BCUT2D eigenvalue weighted by Crippen LogP contribution is -2.07. The van der Waals surface area contributed by atoms with Gasteiger partial charge >= 0.3 is 0 Å². The first-order valence-corrected chi connectivity index (χ1v) is 8.24. The van der Waals surface area contributed by atoms with Crippen molar-refractivity contribution in [2.75, 3.05) is 6.54 Å². The number of hydrogen-bond donors (Lipinski definition) is 1. The van der Waals surface area contributed by atoms with Crippen LogP contribution in [-0.4, -0.2) is 22.0 Å². The van der Waals surface area contributed by atoms with Crippen molar-refractivity contribution in [3.63, 3.8) is 0 Å². The van der Waals surface area contributed by atoms with Crippen molar-refractivity contribution < 1.29 is 4.42 Å². The molecule has 18 heavy (non-hydrogen) atoms. The zero-order chi connectivity index (χ0) is 13.0. The van der Waals surface area contributed by atoms with Gasteiger partial charge in [-0.15, -0.1) is 33.3 Å². The van der Waals surface area contributed by atoms with Gasteiger partial charge in [-0.25, -0.2) is 0 Å². The minimum Gasteiger partial charge on any atom is -0.419 e. The number of halogens is 1. The normalized spacial score (nSPS) is 12.8. The summed E-state index contributed by atoms with van der Waals surface area (Å²) < 4.78 is 6.69. The second-order valence-corrected chi connectivity index (χ2v) is 7.69. The van der Waals surface area contributed by atoms with E-state index in [0.717, 1.165) is 20.8 Å². The molecule has 0 fully saturated rings. The maximum Gasteiger partial charge on any atom is 0.257 e. The Kier molecular flexibility index (Phi) is 5.23. The Balaban J connectivity index is 1.94. The average molecular weight is 348 g/mol. The molecule has 0 amide bonds. The molecule has 2 N–H and O–H groups in total. The Bertz CT molecular complexity index is 500. The van der Waals surface area contributed by atoms with Crippen LogP contribution in [0.1, 0.15) is 19.2 Å². The van der Waals surface area contributed by atoms with Gasteiger partial charge in [0, 0.05) is 5.25 Å². The van der Waals surface area contributed by atoms with Crippen LogP contribution in [0.4, 0.5) is 0 Å².